The van der Waals surface area contributed by atoms with Gasteiger partial charge in [-0.25, -0.2) is 0 Å². The Morgan fingerprint density at radius 3 is 1.62 bits per heavy atom. The van der Waals surface area contributed by atoms with Gasteiger partial charge in [-0.3, -0.25) is 0 Å². The zero-order valence-electron chi connectivity index (χ0n) is 15.9. The Kier molecular flexibility index (Phi) is 10.3. The number of nitrogens with zero attached hydrogens (tertiary/aromatic N) is 1. The van der Waals surface area contributed by atoms with E-state index in [-0.39, 0.29) is 0 Å². The van der Waals surface area contributed by atoms with Gasteiger partial charge in [-0.05, 0) is 42.7 Å². The summed E-state index contributed by atoms with van der Waals surface area (Å²) in [6.07, 6.45) is 2.48. The van der Waals surface area contributed by atoms with Gasteiger partial charge in [-0.2, -0.15) is 0 Å². The SMILES string of the molecule is CO[SiH](CCCCN(C)[Si](C(C)C)(C(C)C)C(C)C)OC. The Morgan fingerprint density at radius 1 is 0.857 bits per heavy atom. The third kappa shape index (κ3) is 5.46. The van der Waals surface area contributed by atoms with Crippen LogP contribution < -0.4 is 0 Å². The molecule has 0 N–H and O–H groups in total. The summed E-state index contributed by atoms with van der Waals surface area (Å²) in [4.78, 5) is 0. The first-order chi connectivity index (χ1) is 9.74. The second-order valence-electron chi connectivity index (χ2n) is 7.17. The summed E-state index contributed by atoms with van der Waals surface area (Å²) in [7, 11) is 3.12. The maximum atomic E-state index is 5.40. The smallest absolute Gasteiger partial charge is 0.320 e. The maximum Gasteiger partial charge on any atom is 0.320 e. The topological polar surface area (TPSA) is 21.7 Å². The van der Waals surface area contributed by atoms with Crippen LogP contribution >= 0.6 is 0 Å². The molecule has 0 spiro atoms. The van der Waals surface area contributed by atoms with Gasteiger partial charge in [0, 0.05) is 14.2 Å². The van der Waals surface area contributed by atoms with E-state index in [1.807, 2.05) is 0 Å². The molecule has 5 heteroatoms. The minimum Gasteiger partial charge on any atom is -0.400 e. The highest BCUT2D eigenvalue weighted by Gasteiger charge is 2.46. The molecule has 0 aliphatic carbocycles. The summed E-state index contributed by atoms with van der Waals surface area (Å²) in [5.74, 6) is 0. The maximum absolute atomic E-state index is 5.40. The molecule has 0 aliphatic rings. The molecule has 0 radical (unpaired) electrons. The van der Waals surface area contributed by atoms with Crippen molar-refractivity contribution in [3.8, 4) is 0 Å². The van der Waals surface area contributed by atoms with Gasteiger partial charge in [0.05, 0.1) is 0 Å². The van der Waals surface area contributed by atoms with Crippen molar-refractivity contribution in [1.29, 1.82) is 0 Å². The van der Waals surface area contributed by atoms with Crippen LogP contribution in [0.25, 0.3) is 0 Å². The van der Waals surface area contributed by atoms with Crippen molar-refractivity contribution >= 4 is 17.5 Å². The van der Waals surface area contributed by atoms with Crippen molar-refractivity contribution in [3.05, 3.63) is 0 Å². The zero-order chi connectivity index (χ0) is 16.6. The summed E-state index contributed by atoms with van der Waals surface area (Å²) in [5.41, 5.74) is 2.38. The quantitative estimate of drug-likeness (QED) is 0.413. The second-order valence-corrected chi connectivity index (χ2v) is 15.6. The van der Waals surface area contributed by atoms with Crippen LogP contribution in [0.15, 0.2) is 0 Å². The van der Waals surface area contributed by atoms with Crippen LogP contribution in [0.4, 0.5) is 0 Å². The number of rotatable bonds is 11. The zero-order valence-corrected chi connectivity index (χ0v) is 18.1. The molecule has 0 unspecified atom stereocenters. The van der Waals surface area contributed by atoms with Crippen LogP contribution in [0.2, 0.25) is 22.7 Å². The summed E-state index contributed by atoms with van der Waals surface area (Å²) >= 11 is 0. The summed E-state index contributed by atoms with van der Waals surface area (Å²) in [6.45, 7) is 15.8. The lowest BCUT2D eigenvalue weighted by atomic mass is 10.3. The molecule has 0 atom stereocenters. The van der Waals surface area contributed by atoms with E-state index >= 15 is 0 Å². The molecule has 0 saturated carbocycles. The van der Waals surface area contributed by atoms with E-state index in [2.05, 4.69) is 53.2 Å². The summed E-state index contributed by atoms with van der Waals surface area (Å²) in [5, 5.41) is 0. The molecule has 0 bridgehead atoms. The third-order valence-electron chi connectivity index (χ3n) is 5.14. The van der Waals surface area contributed by atoms with Crippen molar-refractivity contribution in [1.82, 2.24) is 4.57 Å². The van der Waals surface area contributed by atoms with Gasteiger partial charge in [-0.15, -0.1) is 0 Å². The van der Waals surface area contributed by atoms with Crippen LogP contribution in [0.3, 0.4) is 0 Å². The molecule has 0 amide bonds. The fourth-order valence-electron chi connectivity index (χ4n) is 4.51. The van der Waals surface area contributed by atoms with Crippen LogP contribution in [0.1, 0.15) is 54.4 Å². The minimum atomic E-state index is -1.44. The van der Waals surface area contributed by atoms with E-state index in [4.69, 9.17) is 8.85 Å². The van der Waals surface area contributed by atoms with Crippen molar-refractivity contribution in [2.45, 2.75) is 77.1 Å². The molecule has 0 aromatic heterocycles. The lowest BCUT2D eigenvalue weighted by Crippen LogP contribution is -2.58. The molecule has 21 heavy (non-hydrogen) atoms. The van der Waals surface area contributed by atoms with E-state index in [1.54, 1.807) is 14.2 Å². The minimum absolute atomic E-state index is 0.794. The second kappa shape index (κ2) is 10.2. The Morgan fingerprint density at radius 2 is 1.29 bits per heavy atom. The normalized spacial score (nSPS) is 13.4. The van der Waals surface area contributed by atoms with Crippen molar-refractivity contribution in [2.24, 2.45) is 0 Å². The lowest BCUT2D eigenvalue weighted by Gasteiger charge is -2.49. The first-order valence-electron chi connectivity index (χ1n) is 8.51. The fourth-order valence-corrected chi connectivity index (χ4v) is 13.0. The van der Waals surface area contributed by atoms with Gasteiger partial charge in [-0.1, -0.05) is 48.0 Å². The molecule has 0 aliphatic heterocycles. The Hall–Kier alpha value is 0.314. The van der Waals surface area contributed by atoms with Gasteiger partial charge >= 0.3 is 9.28 Å². The highest BCUT2D eigenvalue weighted by atomic mass is 28.3. The van der Waals surface area contributed by atoms with E-state index in [0.29, 0.717) is 0 Å². The molecule has 128 valence electrons. The van der Waals surface area contributed by atoms with E-state index in [0.717, 1.165) is 22.7 Å². The highest BCUT2D eigenvalue weighted by molar-refractivity contribution is 6.80. The highest BCUT2D eigenvalue weighted by Crippen LogP contribution is 2.43. The first-order valence-corrected chi connectivity index (χ1v) is 12.5. The van der Waals surface area contributed by atoms with Crippen molar-refractivity contribution in [2.75, 3.05) is 27.8 Å². The van der Waals surface area contributed by atoms with Crippen LogP contribution in [0, 0.1) is 0 Å². The van der Waals surface area contributed by atoms with E-state index in [1.165, 1.54) is 19.4 Å². The Labute approximate surface area is 136 Å². The Bertz CT molecular complexity index is 247. The largest absolute Gasteiger partial charge is 0.400 e. The van der Waals surface area contributed by atoms with Crippen molar-refractivity contribution in [3.63, 3.8) is 0 Å². The lowest BCUT2D eigenvalue weighted by molar-refractivity contribution is 0.275. The molecule has 3 nitrogen and oxygen atoms in total. The van der Waals surface area contributed by atoms with Gasteiger partial charge in [0.2, 0.25) is 0 Å². The third-order valence-corrected chi connectivity index (χ3v) is 14.2. The number of hydrogen-bond acceptors (Lipinski definition) is 3. The standard InChI is InChI=1S/C16H39NO2Si2/c1-14(2)21(15(3)4,16(5)6)17(7)12-10-11-13-20(18-8)19-9/h14-16,20H,10-13H2,1-9H3. The van der Waals surface area contributed by atoms with Gasteiger partial charge < -0.3 is 13.4 Å². The van der Waals surface area contributed by atoms with E-state index in [9.17, 15) is 0 Å². The Balaban J connectivity index is 4.60. The van der Waals surface area contributed by atoms with Crippen LogP contribution in [-0.4, -0.2) is 49.9 Å². The summed E-state index contributed by atoms with van der Waals surface area (Å²) < 4.78 is 13.6. The monoisotopic (exact) mass is 333 g/mol. The average molecular weight is 334 g/mol. The molecule has 0 aromatic rings. The molecule has 0 saturated heterocycles. The first kappa shape index (κ1) is 21.3. The number of hydrogen-bond donors (Lipinski definition) is 0. The molecule has 0 fully saturated rings. The van der Waals surface area contributed by atoms with Gasteiger partial charge in [0.15, 0.2) is 0 Å². The summed E-state index contributed by atoms with van der Waals surface area (Å²) in [6, 6.07) is 1.13. The predicted octanol–water partition coefficient (Wildman–Crippen LogP) is 4.39. The molecular weight excluding hydrogens is 294 g/mol. The molecule has 0 rings (SSSR count). The average Bonchev–Trinajstić information content (AvgIpc) is 2.38. The van der Waals surface area contributed by atoms with Gasteiger partial charge in [0.1, 0.15) is 8.24 Å². The van der Waals surface area contributed by atoms with Gasteiger partial charge in [0.25, 0.3) is 0 Å². The fraction of sp³-hybridized carbons (Fsp3) is 1.00. The van der Waals surface area contributed by atoms with Crippen molar-refractivity contribution < 1.29 is 8.85 Å². The van der Waals surface area contributed by atoms with Crippen LogP contribution in [0.5, 0.6) is 0 Å². The van der Waals surface area contributed by atoms with Crippen LogP contribution in [-0.2, 0) is 8.85 Å². The number of unbranched alkanes of at least 4 members (excludes halogenated alkanes) is 1. The molecular formula is C16H39NO2Si2. The predicted molar refractivity (Wildman–Crippen MR) is 98.9 cm³/mol. The van der Waals surface area contributed by atoms with E-state index < -0.39 is 17.5 Å². The molecule has 0 heterocycles. The molecule has 0 aromatic carbocycles.